The highest BCUT2D eigenvalue weighted by molar-refractivity contribution is 14.0. The third-order valence-corrected chi connectivity index (χ3v) is 5.12. The second-order valence-electron chi connectivity index (χ2n) is 7.08. The molecule has 0 radical (unpaired) electrons. The Balaban J connectivity index is 0.00000240. The SMILES string of the molecule is CN=C(NCc1coc(-c2ccccc2)n1)NCC1(c2cccc(F)c2)CC1.I. The second-order valence-corrected chi connectivity index (χ2v) is 7.08. The molecule has 152 valence electrons. The zero-order valence-corrected chi connectivity index (χ0v) is 18.5. The van der Waals surface area contributed by atoms with E-state index in [2.05, 4.69) is 20.6 Å². The first-order valence-corrected chi connectivity index (χ1v) is 9.39. The first-order chi connectivity index (χ1) is 13.7. The number of hydrogen-bond acceptors (Lipinski definition) is 3. The molecule has 7 heteroatoms. The summed E-state index contributed by atoms with van der Waals surface area (Å²) in [5, 5.41) is 6.61. The van der Waals surface area contributed by atoms with Crippen LogP contribution in [0.25, 0.3) is 11.5 Å². The quantitative estimate of drug-likeness (QED) is 0.294. The van der Waals surface area contributed by atoms with E-state index < -0.39 is 0 Å². The summed E-state index contributed by atoms with van der Waals surface area (Å²) < 4.78 is 19.1. The summed E-state index contributed by atoms with van der Waals surface area (Å²) in [5.74, 6) is 1.10. The van der Waals surface area contributed by atoms with Gasteiger partial charge in [0.25, 0.3) is 0 Å². The second kappa shape index (κ2) is 9.39. The lowest BCUT2D eigenvalue weighted by Gasteiger charge is -2.19. The number of nitrogens with zero attached hydrogens (tertiary/aromatic N) is 2. The van der Waals surface area contributed by atoms with E-state index >= 15 is 0 Å². The number of nitrogens with one attached hydrogen (secondary N) is 2. The standard InChI is InChI=1S/C22H23FN4O.HI/c1-24-21(26-15-22(10-11-22)17-8-5-9-18(23)12-17)25-13-19-14-28-20(27-19)16-6-3-2-4-7-16;/h2-9,12,14H,10-11,13,15H2,1H3,(H2,24,25,26);1H. The molecular formula is C22H24FIN4O. The van der Waals surface area contributed by atoms with E-state index in [9.17, 15) is 4.39 Å². The molecule has 0 amide bonds. The summed E-state index contributed by atoms with van der Waals surface area (Å²) in [6.45, 7) is 1.22. The maximum atomic E-state index is 13.6. The van der Waals surface area contributed by atoms with Gasteiger partial charge in [0.15, 0.2) is 5.96 Å². The Bertz CT molecular complexity index is 970. The molecule has 3 aromatic rings. The Hall–Kier alpha value is -2.42. The van der Waals surface area contributed by atoms with Crippen LogP contribution in [0.5, 0.6) is 0 Å². The van der Waals surface area contributed by atoms with Crippen LogP contribution in [0.4, 0.5) is 4.39 Å². The van der Waals surface area contributed by atoms with Gasteiger partial charge in [0.1, 0.15) is 12.1 Å². The van der Waals surface area contributed by atoms with E-state index in [1.54, 1.807) is 25.4 Å². The zero-order chi connectivity index (χ0) is 19.4. The third-order valence-electron chi connectivity index (χ3n) is 5.12. The predicted octanol–water partition coefficient (Wildman–Crippen LogP) is 4.50. The number of aromatic nitrogens is 1. The molecule has 2 aromatic carbocycles. The molecule has 0 spiro atoms. The van der Waals surface area contributed by atoms with Gasteiger partial charge in [-0.05, 0) is 42.7 Å². The first kappa shape index (κ1) is 21.3. The van der Waals surface area contributed by atoms with E-state index in [1.165, 1.54) is 6.07 Å². The summed E-state index contributed by atoms with van der Waals surface area (Å²) in [7, 11) is 1.73. The summed E-state index contributed by atoms with van der Waals surface area (Å²) in [6.07, 6.45) is 3.74. The van der Waals surface area contributed by atoms with Crippen LogP contribution < -0.4 is 10.6 Å². The van der Waals surface area contributed by atoms with Gasteiger partial charge in [0, 0.05) is 24.6 Å². The van der Waals surface area contributed by atoms with Gasteiger partial charge in [-0.2, -0.15) is 0 Å². The number of benzene rings is 2. The topological polar surface area (TPSA) is 62.5 Å². The van der Waals surface area contributed by atoms with Crippen molar-refractivity contribution in [2.45, 2.75) is 24.8 Å². The van der Waals surface area contributed by atoms with E-state index in [4.69, 9.17) is 4.42 Å². The van der Waals surface area contributed by atoms with Crippen LogP contribution in [0, 0.1) is 5.82 Å². The molecule has 1 heterocycles. The van der Waals surface area contributed by atoms with Crippen molar-refractivity contribution < 1.29 is 8.81 Å². The Morgan fingerprint density at radius 1 is 1.14 bits per heavy atom. The number of hydrogen-bond donors (Lipinski definition) is 2. The van der Waals surface area contributed by atoms with Gasteiger partial charge in [-0.25, -0.2) is 9.37 Å². The van der Waals surface area contributed by atoms with E-state index in [0.717, 1.165) is 29.7 Å². The molecule has 4 rings (SSSR count). The molecule has 0 unspecified atom stereocenters. The van der Waals surface area contributed by atoms with Crippen LogP contribution >= 0.6 is 24.0 Å². The average Bonchev–Trinajstić information content (AvgIpc) is 3.38. The lowest BCUT2D eigenvalue weighted by Crippen LogP contribution is -2.41. The predicted molar refractivity (Wildman–Crippen MR) is 123 cm³/mol. The fraction of sp³-hybridized carbons (Fsp3) is 0.273. The Labute approximate surface area is 186 Å². The number of oxazole rings is 1. The molecule has 1 aromatic heterocycles. The molecule has 0 bridgehead atoms. The monoisotopic (exact) mass is 506 g/mol. The maximum Gasteiger partial charge on any atom is 0.226 e. The van der Waals surface area contributed by atoms with E-state index in [1.807, 2.05) is 36.4 Å². The normalized spacial score (nSPS) is 14.8. The minimum Gasteiger partial charge on any atom is -0.444 e. The molecule has 0 saturated heterocycles. The van der Waals surface area contributed by atoms with Crippen molar-refractivity contribution in [2.75, 3.05) is 13.6 Å². The Morgan fingerprint density at radius 3 is 2.62 bits per heavy atom. The fourth-order valence-corrected chi connectivity index (χ4v) is 3.29. The summed E-state index contributed by atoms with van der Waals surface area (Å²) >= 11 is 0. The number of halogens is 2. The van der Waals surface area contributed by atoms with Crippen LogP contribution in [-0.4, -0.2) is 24.5 Å². The molecule has 0 atom stereocenters. The highest BCUT2D eigenvalue weighted by Crippen LogP contribution is 2.47. The number of guanidine groups is 1. The minimum atomic E-state index is -0.188. The van der Waals surface area contributed by atoms with E-state index in [0.29, 0.717) is 24.9 Å². The Morgan fingerprint density at radius 2 is 1.93 bits per heavy atom. The smallest absolute Gasteiger partial charge is 0.226 e. The molecule has 1 aliphatic rings. The third kappa shape index (κ3) is 5.14. The van der Waals surface area contributed by atoms with Gasteiger partial charge >= 0.3 is 0 Å². The van der Waals surface area contributed by atoms with Crippen molar-refractivity contribution in [3.05, 3.63) is 77.9 Å². The van der Waals surface area contributed by atoms with Crippen molar-refractivity contribution >= 4 is 29.9 Å². The van der Waals surface area contributed by atoms with Crippen molar-refractivity contribution in [2.24, 2.45) is 4.99 Å². The van der Waals surface area contributed by atoms with Gasteiger partial charge in [0.2, 0.25) is 5.89 Å². The van der Waals surface area contributed by atoms with Crippen molar-refractivity contribution in [1.82, 2.24) is 15.6 Å². The average molecular weight is 506 g/mol. The summed E-state index contributed by atoms with van der Waals surface area (Å²) in [5.41, 5.74) is 2.78. The largest absolute Gasteiger partial charge is 0.444 e. The van der Waals surface area contributed by atoms with Crippen LogP contribution in [0.2, 0.25) is 0 Å². The van der Waals surface area contributed by atoms with Crippen LogP contribution in [0.3, 0.4) is 0 Å². The molecule has 1 fully saturated rings. The van der Waals surface area contributed by atoms with Crippen molar-refractivity contribution in [3.8, 4) is 11.5 Å². The van der Waals surface area contributed by atoms with Gasteiger partial charge in [-0.1, -0.05) is 30.3 Å². The van der Waals surface area contributed by atoms with Crippen molar-refractivity contribution in [3.63, 3.8) is 0 Å². The summed E-state index contributed by atoms with van der Waals surface area (Å²) in [4.78, 5) is 8.78. The highest BCUT2D eigenvalue weighted by Gasteiger charge is 2.44. The van der Waals surface area contributed by atoms with Gasteiger partial charge in [-0.3, -0.25) is 4.99 Å². The molecule has 0 aliphatic heterocycles. The molecule has 5 nitrogen and oxygen atoms in total. The highest BCUT2D eigenvalue weighted by atomic mass is 127. The van der Waals surface area contributed by atoms with Crippen molar-refractivity contribution in [1.29, 1.82) is 0 Å². The summed E-state index contributed by atoms with van der Waals surface area (Å²) in [6, 6.07) is 16.7. The van der Waals surface area contributed by atoms with E-state index in [-0.39, 0.29) is 35.2 Å². The number of rotatable bonds is 6. The first-order valence-electron chi connectivity index (χ1n) is 9.39. The molecule has 1 saturated carbocycles. The van der Waals surface area contributed by atoms with Gasteiger partial charge in [-0.15, -0.1) is 24.0 Å². The fourth-order valence-electron chi connectivity index (χ4n) is 3.29. The van der Waals surface area contributed by atoms with Crippen LogP contribution in [0.1, 0.15) is 24.1 Å². The molecule has 1 aliphatic carbocycles. The lowest BCUT2D eigenvalue weighted by atomic mass is 9.96. The molecular weight excluding hydrogens is 482 g/mol. The van der Waals surface area contributed by atoms with Crippen LogP contribution in [0.15, 0.2) is 70.3 Å². The van der Waals surface area contributed by atoms with Gasteiger partial charge < -0.3 is 15.1 Å². The molecule has 2 N–H and O–H groups in total. The van der Waals surface area contributed by atoms with Gasteiger partial charge in [0.05, 0.1) is 12.2 Å². The lowest BCUT2D eigenvalue weighted by molar-refractivity contribution is 0.572. The minimum absolute atomic E-state index is 0. The zero-order valence-electron chi connectivity index (χ0n) is 16.2. The molecule has 29 heavy (non-hydrogen) atoms. The Kier molecular flexibility index (Phi) is 6.89. The maximum absolute atomic E-state index is 13.6. The number of aliphatic imine (C=N–C) groups is 1. The van der Waals surface area contributed by atoms with Crippen LogP contribution in [-0.2, 0) is 12.0 Å².